The van der Waals surface area contributed by atoms with E-state index in [9.17, 15) is 4.79 Å². The summed E-state index contributed by atoms with van der Waals surface area (Å²) >= 11 is 5.82. The zero-order valence-electron chi connectivity index (χ0n) is 9.47. The number of morpholine rings is 1. The Labute approximate surface area is 109 Å². The van der Waals surface area contributed by atoms with Crippen molar-refractivity contribution in [3.63, 3.8) is 0 Å². The zero-order valence-corrected chi connectivity index (χ0v) is 10.2. The SMILES string of the molecule is N#CC1CN(C(=O)c2cnc(N)c(Cl)c2)CCO1. The Hall–Kier alpha value is -1.84. The zero-order chi connectivity index (χ0) is 13.1. The predicted molar refractivity (Wildman–Crippen MR) is 64.9 cm³/mol. The molecule has 1 atom stereocenters. The largest absolute Gasteiger partial charge is 0.382 e. The maximum Gasteiger partial charge on any atom is 0.255 e. The lowest BCUT2D eigenvalue weighted by molar-refractivity contribution is 0.00345. The second-order valence-corrected chi connectivity index (χ2v) is 4.24. The van der Waals surface area contributed by atoms with Crippen LogP contribution in [0.25, 0.3) is 0 Å². The molecule has 2 N–H and O–H groups in total. The summed E-state index contributed by atoms with van der Waals surface area (Å²) in [5.41, 5.74) is 5.83. The number of nitrogens with zero attached hydrogens (tertiary/aromatic N) is 3. The summed E-state index contributed by atoms with van der Waals surface area (Å²) in [6, 6.07) is 3.46. The second-order valence-electron chi connectivity index (χ2n) is 3.83. The summed E-state index contributed by atoms with van der Waals surface area (Å²) in [6.07, 6.45) is 0.792. The van der Waals surface area contributed by atoms with Gasteiger partial charge in [-0.2, -0.15) is 5.26 Å². The highest BCUT2D eigenvalue weighted by Gasteiger charge is 2.25. The van der Waals surface area contributed by atoms with Gasteiger partial charge in [0.25, 0.3) is 5.91 Å². The van der Waals surface area contributed by atoms with Crippen LogP contribution in [-0.4, -0.2) is 41.6 Å². The Morgan fingerprint density at radius 1 is 1.72 bits per heavy atom. The van der Waals surface area contributed by atoms with Crippen LogP contribution in [0.1, 0.15) is 10.4 Å². The fraction of sp³-hybridized carbons (Fsp3) is 0.364. The molecule has 1 aliphatic heterocycles. The lowest BCUT2D eigenvalue weighted by Gasteiger charge is -2.29. The van der Waals surface area contributed by atoms with Gasteiger partial charge < -0.3 is 15.4 Å². The van der Waals surface area contributed by atoms with Crippen molar-refractivity contribution in [3.8, 4) is 6.07 Å². The highest BCUT2D eigenvalue weighted by molar-refractivity contribution is 6.33. The topological polar surface area (TPSA) is 92.2 Å². The predicted octanol–water partition coefficient (Wildman–Crippen LogP) is 0.682. The van der Waals surface area contributed by atoms with Crippen molar-refractivity contribution in [2.24, 2.45) is 0 Å². The first-order chi connectivity index (χ1) is 8.61. The molecule has 0 bridgehead atoms. The van der Waals surface area contributed by atoms with E-state index in [2.05, 4.69) is 4.98 Å². The third-order valence-corrected chi connectivity index (χ3v) is 2.92. The molecule has 18 heavy (non-hydrogen) atoms. The minimum atomic E-state index is -0.583. The minimum absolute atomic E-state index is 0.185. The van der Waals surface area contributed by atoms with E-state index in [1.54, 1.807) is 4.90 Å². The number of pyridine rings is 1. The van der Waals surface area contributed by atoms with Crippen LogP contribution in [0.4, 0.5) is 5.82 Å². The molecule has 1 amide bonds. The minimum Gasteiger partial charge on any atom is -0.382 e. The number of aromatic nitrogens is 1. The van der Waals surface area contributed by atoms with E-state index in [1.165, 1.54) is 12.3 Å². The van der Waals surface area contributed by atoms with Crippen LogP contribution < -0.4 is 5.73 Å². The van der Waals surface area contributed by atoms with Crippen LogP contribution in [0, 0.1) is 11.3 Å². The van der Waals surface area contributed by atoms with E-state index >= 15 is 0 Å². The molecule has 1 fully saturated rings. The quantitative estimate of drug-likeness (QED) is 0.807. The van der Waals surface area contributed by atoms with Gasteiger partial charge in [0.2, 0.25) is 0 Å². The molecule has 1 saturated heterocycles. The number of hydrogen-bond acceptors (Lipinski definition) is 5. The molecule has 1 unspecified atom stereocenters. The molecule has 0 aromatic carbocycles. The number of carbonyl (C=O) groups excluding carboxylic acids is 1. The van der Waals surface area contributed by atoms with E-state index < -0.39 is 6.10 Å². The van der Waals surface area contributed by atoms with Gasteiger partial charge in [-0.15, -0.1) is 0 Å². The summed E-state index contributed by atoms with van der Waals surface area (Å²) in [7, 11) is 0. The summed E-state index contributed by atoms with van der Waals surface area (Å²) in [5, 5.41) is 9.02. The number of amides is 1. The van der Waals surface area contributed by atoms with E-state index in [0.717, 1.165) is 0 Å². The third kappa shape index (κ3) is 2.53. The highest BCUT2D eigenvalue weighted by atomic mass is 35.5. The normalized spacial score (nSPS) is 19.3. The van der Waals surface area contributed by atoms with E-state index in [1.807, 2.05) is 6.07 Å². The van der Waals surface area contributed by atoms with Gasteiger partial charge in [-0.1, -0.05) is 11.6 Å². The number of nitrogens with two attached hydrogens (primary N) is 1. The summed E-state index contributed by atoms with van der Waals surface area (Å²) < 4.78 is 5.17. The van der Waals surface area contributed by atoms with Crippen LogP contribution in [0.3, 0.4) is 0 Å². The van der Waals surface area contributed by atoms with Gasteiger partial charge in [-0.05, 0) is 6.07 Å². The van der Waals surface area contributed by atoms with Crippen LogP contribution in [-0.2, 0) is 4.74 Å². The highest BCUT2D eigenvalue weighted by Crippen LogP contribution is 2.18. The Bertz CT molecular complexity index is 514. The molecule has 1 aromatic rings. The first kappa shape index (κ1) is 12.6. The molecule has 7 heteroatoms. The number of nitrogen functional groups attached to an aromatic ring is 1. The number of ether oxygens (including phenoxy) is 1. The van der Waals surface area contributed by atoms with Crippen LogP contribution in [0.15, 0.2) is 12.3 Å². The number of hydrogen-bond donors (Lipinski definition) is 1. The number of nitriles is 1. The molecule has 2 rings (SSSR count). The Morgan fingerprint density at radius 2 is 2.50 bits per heavy atom. The Morgan fingerprint density at radius 3 is 3.17 bits per heavy atom. The van der Waals surface area contributed by atoms with Crippen molar-refractivity contribution in [1.82, 2.24) is 9.88 Å². The maximum absolute atomic E-state index is 12.1. The summed E-state index contributed by atoms with van der Waals surface area (Å²) in [6.45, 7) is 1.04. The molecule has 0 radical (unpaired) electrons. The molecule has 6 nitrogen and oxygen atoms in total. The van der Waals surface area contributed by atoms with Crippen molar-refractivity contribution in [2.45, 2.75) is 6.10 Å². The molecule has 0 aliphatic carbocycles. The molecule has 1 aliphatic rings. The van der Waals surface area contributed by atoms with Crippen molar-refractivity contribution < 1.29 is 9.53 Å². The fourth-order valence-electron chi connectivity index (χ4n) is 1.66. The summed E-state index contributed by atoms with van der Waals surface area (Å²) in [4.78, 5) is 17.5. The number of halogens is 1. The van der Waals surface area contributed by atoms with Crippen molar-refractivity contribution in [3.05, 3.63) is 22.8 Å². The van der Waals surface area contributed by atoms with Crippen LogP contribution >= 0.6 is 11.6 Å². The first-order valence-electron chi connectivity index (χ1n) is 5.33. The van der Waals surface area contributed by atoms with Crippen LogP contribution in [0.5, 0.6) is 0 Å². The maximum atomic E-state index is 12.1. The standard InChI is InChI=1S/C11H11ClN4O2/c12-9-3-7(5-15-10(9)14)11(17)16-1-2-18-8(4-13)6-16/h3,5,8H,1-2,6H2,(H2,14,15). The number of carbonyl (C=O) groups is 1. The lowest BCUT2D eigenvalue weighted by atomic mass is 10.2. The molecular weight excluding hydrogens is 256 g/mol. The van der Waals surface area contributed by atoms with Gasteiger partial charge in [0.1, 0.15) is 5.82 Å². The van der Waals surface area contributed by atoms with Gasteiger partial charge in [0, 0.05) is 12.7 Å². The van der Waals surface area contributed by atoms with Gasteiger partial charge in [0.15, 0.2) is 6.10 Å². The third-order valence-electron chi connectivity index (χ3n) is 2.61. The van der Waals surface area contributed by atoms with Crippen molar-refractivity contribution in [2.75, 3.05) is 25.4 Å². The average Bonchev–Trinajstić information content (AvgIpc) is 2.41. The first-order valence-corrected chi connectivity index (χ1v) is 5.71. The van der Waals surface area contributed by atoms with E-state index in [4.69, 9.17) is 27.3 Å². The second kappa shape index (κ2) is 5.21. The van der Waals surface area contributed by atoms with Crippen molar-refractivity contribution >= 4 is 23.3 Å². The molecule has 0 spiro atoms. The van der Waals surface area contributed by atoms with Crippen LogP contribution in [0.2, 0.25) is 5.02 Å². The summed E-state index contributed by atoms with van der Waals surface area (Å²) in [5.74, 6) is -0.0435. The molecule has 0 saturated carbocycles. The van der Waals surface area contributed by atoms with Gasteiger partial charge >= 0.3 is 0 Å². The molecule has 2 heterocycles. The number of rotatable bonds is 1. The molecule has 1 aromatic heterocycles. The lowest BCUT2D eigenvalue weighted by Crippen LogP contribution is -2.45. The Balaban J connectivity index is 2.15. The van der Waals surface area contributed by atoms with Gasteiger partial charge in [0.05, 0.1) is 29.8 Å². The van der Waals surface area contributed by atoms with Gasteiger partial charge in [-0.25, -0.2) is 4.98 Å². The number of anilines is 1. The van der Waals surface area contributed by atoms with Crippen molar-refractivity contribution in [1.29, 1.82) is 5.26 Å². The van der Waals surface area contributed by atoms with E-state index in [0.29, 0.717) is 18.7 Å². The average molecular weight is 267 g/mol. The van der Waals surface area contributed by atoms with E-state index in [-0.39, 0.29) is 23.3 Å². The smallest absolute Gasteiger partial charge is 0.255 e. The molecule has 94 valence electrons. The fourth-order valence-corrected chi connectivity index (χ4v) is 1.83. The molecular formula is C11H11ClN4O2. The Kier molecular flexibility index (Phi) is 3.65. The monoisotopic (exact) mass is 266 g/mol. The van der Waals surface area contributed by atoms with Gasteiger partial charge in [-0.3, -0.25) is 4.79 Å².